The van der Waals surface area contributed by atoms with Crippen LogP contribution in [-0.4, -0.2) is 45.4 Å². The molecule has 90 valence electrons. The van der Waals surface area contributed by atoms with Gasteiger partial charge in [-0.2, -0.15) is 0 Å². The van der Waals surface area contributed by atoms with Crippen LogP contribution in [0, 0.1) is 17.0 Å². The Morgan fingerprint density at radius 3 is 2.81 bits per heavy atom. The maximum absolute atomic E-state index is 10.7. The molecule has 1 aromatic heterocycles. The molecule has 0 aliphatic carbocycles. The van der Waals surface area contributed by atoms with Gasteiger partial charge < -0.3 is 0 Å². The molecule has 7 heteroatoms. The fraction of sp³-hybridized carbons (Fsp3) is 0.667. The number of hydrogen-bond acceptors (Lipinski definition) is 4. The zero-order valence-corrected chi connectivity index (χ0v) is 13.0. The number of hydrogen-bond donors (Lipinski definition) is 1. The Kier molecular flexibility index (Phi) is 4.72. The zero-order valence-electron chi connectivity index (χ0n) is 9.75. The van der Waals surface area contributed by atoms with Crippen molar-refractivity contribution in [3.63, 3.8) is 0 Å². The zero-order chi connectivity index (χ0) is 12.3. The third-order valence-electron chi connectivity index (χ3n) is 2.36. The number of rotatable bonds is 5. The molecule has 0 aliphatic rings. The number of aryl methyl sites for hydroxylation is 1. The number of aromatic nitrogens is 2. The Morgan fingerprint density at radius 2 is 2.31 bits per heavy atom. The van der Waals surface area contributed by atoms with Gasteiger partial charge in [-0.15, -0.1) is 0 Å². The van der Waals surface area contributed by atoms with Crippen LogP contribution in [0.5, 0.6) is 0 Å². The Labute approximate surface area is 101 Å². The fourth-order valence-corrected chi connectivity index (χ4v) is 5.19. The molecule has 1 rings (SSSR count). The van der Waals surface area contributed by atoms with Gasteiger partial charge >= 0.3 is 101 Å². The summed E-state index contributed by atoms with van der Waals surface area (Å²) in [5.74, 6) is 0.528. The van der Waals surface area contributed by atoms with Crippen molar-refractivity contribution in [1.82, 2.24) is 9.55 Å². The van der Waals surface area contributed by atoms with Crippen LogP contribution >= 0.6 is 0 Å². The summed E-state index contributed by atoms with van der Waals surface area (Å²) in [6, 6.07) is 0. The second kappa shape index (κ2) is 5.62. The van der Waals surface area contributed by atoms with Crippen LogP contribution in [0.15, 0.2) is 6.20 Å². The molecular weight excluding hydrogens is 317 g/mol. The molecule has 1 unspecified atom stereocenters. The van der Waals surface area contributed by atoms with Crippen LogP contribution in [0.25, 0.3) is 0 Å². The Hall–Kier alpha value is -0.631. The van der Waals surface area contributed by atoms with E-state index in [1.54, 1.807) is 6.92 Å². The molecule has 0 saturated heterocycles. The van der Waals surface area contributed by atoms with Gasteiger partial charge in [-0.05, 0) is 0 Å². The first-order chi connectivity index (χ1) is 7.41. The average molecular weight is 334 g/mol. The van der Waals surface area contributed by atoms with Gasteiger partial charge in [0.1, 0.15) is 0 Å². The minimum atomic E-state index is -1.48. The van der Waals surface area contributed by atoms with E-state index in [1.807, 2.05) is 0 Å². The van der Waals surface area contributed by atoms with E-state index in [9.17, 15) is 15.2 Å². The van der Waals surface area contributed by atoms with E-state index in [0.717, 1.165) is 4.44 Å². The van der Waals surface area contributed by atoms with Gasteiger partial charge in [-0.1, -0.05) is 0 Å². The summed E-state index contributed by atoms with van der Waals surface area (Å²) < 4.78 is 2.30. The molecule has 16 heavy (non-hydrogen) atoms. The molecule has 0 amide bonds. The molecule has 0 radical (unpaired) electrons. The van der Waals surface area contributed by atoms with Gasteiger partial charge in [-0.3, -0.25) is 0 Å². The number of nitro groups is 1. The van der Waals surface area contributed by atoms with E-state index >= 15 is 0 Å². The second-order valence-corrected chi connectivity index (χ2v) is 13.6. The van der Waals surface area contributed by atoms with Gasteiger partial charge in [0.15, 0.2) is 0 Å². The van der Waals surface area contributed by atoms with Gasteiger partial charge in [0.25, 0.3) is 0 Å². The second-order valence-electron chi connectivity index (χ2n) is 4.31. The van der Waals surface area contributed by atoms with Gasteiger partial charge in [-0.25, -0.2) is 0 Å². The standard InChI is InChI=1S/C7H10N3O3.2CH3.Sn.H/c1-5(11)4-9-6(2)8-3-7(9)10(12)13;;;;/h3,5,11H,1,4H2,2H3;2*1H3;;. The number of imidazole rings is 1. The monoisotopic (exact) mass is 335 g/mol. The van der Waals surface area contributed by atoms with Crippen LogP contribution in [0.3, 0.4) is 0 Å². The quantitative estimate of drug-likeness (QED) is 0.494. The molecule has 6 nitrogen and oxygen atoms in total. The number of aliphatic hydroxyl groups is 1. The van der Waals surface area contributed by atoms with Crippen molar-refractivity contribution in [2.45, 2.75) is 33.9 Å². The maximum atomic E-state index is 10.7. The van der Waals surface area contributed by atoms with E-state index in [2.05, 4.69) is 14.9 Å². The molecule has 0 fully saturated rings. The van der Waals surface area contributed by atoms with Crippen LogP contribution in [0.1, 0.15) is 5.82 Å². The molecule has 1 aromatic rings. The van der Waals surface area contributed by atoms with E-state index in [4.69, 9.17) is 0 Å². The van der Waals surface area contributed by atoms with Crippen molar-refractivity contribution in [2.24, 2.45) is 0 Å². The molecular formula is C9H17N3O3Sn. The third kappa shape index (κ3) is 3.44. The summed E-state index contributed by atoms with van der Waals surface area (Å²) in [5.41, 5.74) is 0. The van der Waals surface area contributed by atoms with E-state index in [0.29, 0.717) is 5.82 Å². The van der Waals surface area contributed by atoms with Crippen LogP contribution < -0.4 is 0 Å². The van der Waals surface area contributed by atoms with Crippen molar-refractivity contribution >= 4 is 25.6 Å². The normalized spacial score (nSPS) is 13.1. The van der Waals surface area contributed by atoms with E-state index < -0.39 is 30.8 Å². The molecule has 1 heterocycles. The number of aliphatic hydroxyl groups excluding tert-OH is 1. The van der Waals surface area contributed by atoms with Gasteiger partial charge in [0.2, 0.25) is 0 Å². The van der Waals surface area contributed by atoms with Crippen molar-refractivity contribution in [1.29, 1.82) is 0 Å². The van der Waals surface area contributed by atoms with Crippen LogP contribution in [-0.2, 0) is 6.54 Å². The van der Waals surface area contributed by atoms with Crippen molar-refractivity contribution in [3.05, 3.63) is 22.1 Å². The molecule has 0 bridgehead atoms. The summed E-state index contributed by atoms with van der Waals surface area (Å²) in [5, 5.41) is 20.5. The first-order valence-corrected chi connectivity index (χ1v) is 14.2. The molecule has 1 atom stereocenters. The predicted molar refractivity (Wildman–Crippen MR) is 63.3 cm³/mol. The summed E-state index contributed by atoms with van der Waals surface area (Å²) in [4.78, 5) is 18.6. The first-order valence-electron chi connectivity index (χ1n) is 5.26. The molecule has 0 aliphatic heterocycles. The molecule has 1 N–H and O–H groups in total. The van der Waals surface area contributed by atoms with E-state index in [-0.39, 0.29) is 12.4 Å². The van der Waals surface area contributed by atoms with Crippen molar-refractivity contribution < 1.29 is 10.0 Å². The molecule has 0 aromatic carbocycles. The summed E-state index contributed by atoms with van der Waals surface area (Å²) >= 11 is -1.48. The Morgan fingerprint density at radius 1 is 1.69 bits per heavy atom. The average Bonchev–Trinajstić information content (AvgIpc) is 2.46. The SMILES string of the molecule is Cc1ncc([N+](=O)[O-])n1CC(O)[CH2][SnH]([CH3])[CH3]. The van der Waals surface area contributed by atoms with E-state index in [1.165, 1.54) is 10.8 Å². The summed E-state index contributed by atoms with van der Waals surface area (Å²) in [7, 11) is 0. The Balaban J connectivity index is 2.79. The number of nitrogens with zero attached hydrogens (tertiary/aromatic N) is 3. The van der Waals surface area contributed by atoms with Crippen molar-refractivity contribution in [3.8, 4) is 0 Å². The van der Waals surface area contributed by atoms with Crippen LogP contribution in [0.2, 0.25) is 14.3 Å². The Bertz CT molecular complexity index is 378. The van der Waals surface area contributed by atoms with Crippen molar-refractivity contribution in [2.75, 3.05) is 0 Å². The first kappa shape index (κ1) is 13.4. The molecule has 0 saturated carbocycles. The minimum absolute atomic E-state index is 0.0458. The van der Waals surface area contributed by atoms with Gasteiger partial charge in [0.05, 0.1) is 0 Å². The summed E-state index contributed by atoms with van der Waals surface area (Å²) in [6.45, 7) is 1.98. The van der Waals surface area contributed by atoms with Gasteiger partial charge in [0, 0.05) is 0 Å². The molecule has 0 spiro atoms. The predicted octanol–water partition coefficient (Wildman–Crippen LogP) is 0.947. The summed E-state index contributed by atoms with van der Waals surface area (Å²) in [6.07, 6.45) is 0.753. The fourth-order valence-electron chi connectivity index (χ4n) is 1.66. The topological polar surface area (TPSA) is 81.2 Å². The third-order valence-corrected chi connectivity index (χ3v) is 6.60. The van der Waals surface area contributed by atoms with Crippen LogP contribution in [0.4, 0.5) is 5.82 Å².